The SMILES string of the molecule is CC(C)(C)OC(=O)N1CCC(c2nsc(Br)n2)CC1. The first kappa shape index (κ1) is 14.7. The molecule has 1 amide bonds. The fourth-order valence-electron chi connectivity index (χ4n) is 2.03. The number of carbonyl (C=O) groups is 1. The number of aromatic nitrogens is 2. The second-order valence-corrected chi connectivity index (χ2v) is 7.68. The van der Waals surface area contributed by atoms with Crippen LogP contribution >= 0.6 is 27.5 Å². The summed E-state index contributed by atoms with van der Waals surface area (Å²) in [4.78, 5) is 18.0. The smallest absolute Gasteiger partial charge is 0.410 e. The highest BCUT2D eigenvalue weighted by Crippen LogP contribution is 2.28. The Balaban J connectivity index is 1.87. The zero-order chi connectivity index (χ0) is 14.0. The Morgan fingerprint density at radius 2 is 2.05 bits per heavy atom. The molecular weight excluding hydrogens is 330 g/mol. The first-order valence-electron chi connectivity index (χ1n) is 6.32. The number of likely N-dealkylation sites (tertiary alicyclic amines) is 1. The third-order valence-electron chi connectivity index (χ3n) is 2.93. The number of piperidine rings is 1. The minimum absolute atomic E-state index is 0.224. The first-order chi connectivity index (χ1) is 8.85. The molecule has 0 aromatic carbocycles. The molecule has 1 aliphatic rings. The van der Waals surface area contributed by atoms with Gasteiger partial charge in [0.15, 0.2) is 3.92 Å². The summed E-state index contributed by atoms with van der Waals surface area (Å²) in [7, 11) is 0. The van der Waals surface area contributed by atoms with Crippen LogP contribution in [0.15, 0.2) is 3.92 Å². The summed E-state index contributed by atoms with van der Waals surface area (Å²) in [5.74, 6) is 1.24. The Morgan fingerprint density at radius 1 is 1.42 bits per heavy atom. The van der Waals surface area contributed by atoms with E-state index < -0.39 is 5.60 Å². The van der Waals surface area contributed by atoms with Gasteiger partial charge in [-0.3, -0.25) is 0 Å². The van der Waals surface area contributed by atoms with Gasteiger partial charge in [-0.25, -0.2) is 9.78 Å². The Labute approximate surface area is 125 Å². The van der Waals surface area contributed by atoms with Gasteiger partial charge in [-0.1, -0.05) is 0 Å². The van der Waals surface area contributed by atoms with Crippen LogP contribution in [0.4, 0.5) is 4.79 Å². The molecule has 1 aliphatic heterocycles. The predicted molar refractivity (Wildman–Crippen MR) is 77.4 cm³/mol. The Bertz CT molecular complexity index is 450. The van der Waals surface area contributed by atoms with E-state index in [1.165, 1.54) is 11.5 Å². The van der Waals surface area contributed by atoms with Crippen LogP contribution in [0.5, 0.6) is 0 Å². The molecule has 106 valence electrons. The lowest BCUT2D eigenvalue weighted by atomic mass is 9.96. The molecular formula is C12H18BrN3O2S. The summed E-state index contributed by atoms with van der Waals surface area (Å²) in [5, 5.41) is 0. The lowest BCUT2D eigenvalue weighted by Gasteiger charge is -2.32. The topological polar surface area (TPSA) is 55.3 Å². The van der Waals surface area contributed by atoms with Crippen molar-refractivity contribution in [3.8, 4) is 0 Å². The van der Waals surface area contributed by atoms with E-state index in [1.54, 1.807) is 4.90 Å². The fraction of sp³-hybridized carbons (Fsp3) is 0.750. The molecule has 1 fully saturated rings. The van der Waals surface area contributed by atoms with E-state index >= 15 is 0 Å². The van der Waals surface area contributed by atoms with Crippen molar-refractivity contribution >= 4 is 33.6 Å². The van der Waals surface area contributed by atoms with Crippen molar-refractivity contribution in [1.82, 2.24) is 14.3 Å². The van der Waals surface area contributed by atoms with Crippen LogP contribution < -0.4 is 0 Å². The van der Waals surface area contributed by atoms with Crippen molar-refractivity contribution in [1.29, 1.82) is 0 Å². The summed E-state index contributed by atoms with van der Waals surface area (Å²) >= 11 is 4.69. The Morgan fingerprint density at radius 3 is 2.53 bits per heavy atom. The summed E-state index contributed by atoms with van der Waals surface area (Å²) in [6.07, 6.45) is 1.56. The minimum Gasteiger partial charge on any atom is -0.444 e. The van der Waals surface area contributed by atoms with Crippen LogP contribution in [0.3, 0.4) is 0 Å². The van der Waals surface area contributed by atoms with Gasteiger partial charge in [0.2, 0.25) is 0 Å². The van der Waals surface area contributed by atoms with Crippen molar-refractivity contribution in [3.63, 3.8) is 0 Å². The van der Waals surface area contributed by atoms with Crippen LogP contribution in [-0.4, -0.2) is 39.0 Å². The van der Waals surface area contributed by atoms with Gasteiger partial charge < -0.3 is 9.64 Å². The Kier molecular flexibility index (Phi) is 4.45. The monoisotopic (exact) mass is 347 g/mol. The zero-order valence-electron chi connectivity index (χ0n) is 11.4. The number of hydrogen-bond donors (Lipinski definition) is 0. The molecule has 1 aromatic heterocycles. The standard InChI is InChI=1S/C12H18BrN3O2S/c1-12(2,3)18-11(17)16-6-4-8(5-7-16)9-14-10(13)19-15-9/h8H,4-7H2,1-3H3. The number of amides is 1. The molecule has 0 saturated carbocycles. The average Bonchev–Trinajstić information content (AvgIpc) is 2.74. The largest absolute Gasteiger partial charge is 0.444 e. The van der Waals surface area contributed by atoms with E-state index in [4.69, 9.17) is 4.74 Å². The van der Waals surface area contributed by atoms with Crippen molar-refractivity contribution in [2.45, 2.75) is 45.1 Å². The molecule has 1 saturated heterocycles. The van der Waals surface area contributed by atoms with Crippen molar-refractivity contribution in [2.24, 2.45) is 0 Å². The number of rotatable bonds is 1. The van der Waals surface area contributed by atoms with Gasteiger partial charge in [-0.2, -0.15) is 4.37 Å². The summed E-state index contributed by atoms with van der Waals surface area (Å²) in [6, 6.07) is 0. The van der Waals surface area contributed by atoms with Crippen LogP contribution in [0.2, 0.25) is 0 Å². The van der Waals surface area contributed by atoms with Crippen molar-refractivity contribution < 1.29 is 9.53 Å². The molecule has 2 rings (SSSR count). The highest BCUT2D eigenvalue weighted by molar-refractivity contribution is 9.11. The van der Waals surface area contributed by atoms with Gasteiger partial charge in [0.05, 0.1) is 0 Å². The van der Waals surface area contributed by atoms with Gasteiger partial charge in [0, 0.05) is 19.0 Å². The molecule has 19 heavy (non-hydrogen) atoms. The first-order valence-corrected chi connectivity index (χ1v) is 7.89. The van der Waals surface area contributed by atoms with Gasteiger partial charge in [-0.15, -0.1) is 0 Å². The lowest BCUT2D eigenvalue weighted by Crippen LogP contribution is -2.41. The maximum atomic E-state index is 11.9. The maximum absolute atomic E-state index is 11.9. The molecule has 0 bridgehead atoms. The van der Waals surface area contributed by atoms with Gasteiger partial charge in [0.1, 0.15) is 11.4 Å². The van der Waals surface area contributed by atoms with Crippen LogP contribution in [0, 0.1) is 0 Å². The molecule has 5 nitrogen and oxygen atoms in total. The van der Waals surface area contributed by atoms with E-state index in [-0.39, 0.29) is 6.09 Å². The van der Waals surface area contributed by atoms with Crippen LogP contribution in [0.1, 0.15) is 45.4 Å². The third kappa shape index (κ3) is 4.14. The summed E-state index contributed by atoms with van der Waals surface area (Å²) < 4.78 is 10.5. The van der Waals surface area contributed by atoms with Crippen molar-refractivity contribution in [3.05, 3.63) is 9.74 Å². The number of nitrogens with zero attached hydrogens (tertiary/aromatic N) is 3. The predicted octanol–water partition coefficient (Wildman–Crippen LogP) is 3.42. The number of ether oxygens (including phenoxy) is 1. The van der Waals surface area contributed by atoms with Gasteiger partial charge in [-0.05, 0) is 61.1 Å². The van der Waals surface area contributed by atoms with E-state index in [2.05, 4.69) is 25.3 Å². The van der Waals surface area contributed by atoms with Crippen LogP contribution in [-0.2, 0) is 4.74 Å². The van der Waals surface area contributed by atoms with E-state index in [1.807, 2.05) is 20.8 Å². The summed E-state index contributed by atoms with van der Waals surface area (Å²) in [6.45, 7) is 7.06. The normalized spacial score (nSPS) is 17.6. The second-order valence-electron chi connectivity index (χ2n) is 5.65. The molecule has 0 unspecified atom stereocenters. The fourth-order valence-corrected chi connectivity index (χ4v) is 2.92. The van der Waals surface area contributed by atoms with E-state index in [0.29, 0.717) is 19.0 Å². The molecule has 0 radical (unpaired) electrons. The highest BCUT2D eigenvalue weighted by Gasteiger charge is 2.28. The van der Waals surface area contributed by atoms with E-state index in [9.17, 15) is 4.79 Å². The maximum Gasteiger partial charge on any atom is 0.410 e. The van der Waals surface area contributed by atoms with Gasteiger partial charge in [0.25, 0.3) is 0 Å². The molecule has 0 spiro atoms. The molecule has 7 heteroatoms. The molecule has 2 heterocycles. The zero-order valence-corrected chi connectivity index (χ0v) is 13.8. The average molecular weight is 348 g/mol. The third-order valence-corrected chi connectivity index (χ3v) is 4.06. The Hall–Kier alpha value is -0.690. The quantitative estimate of drug-likeness (QED) is 0.780. The summed E-state index contributed by atoms with van der Waals surface area (Å²) in [5.41, 5.74) is -0.435. The van der Waals surface area contributed by atoms with Crippen LogP contribution in [0.25, 0.3) is 0 Å². The lowest BCUT2D eigenvalue weighted by molar-refractivity contribution is 0.0203. The number of hydrogen-bond acceptors (Lipinski definition) is 5. The second kappa shape index (κ2) is 5.75. The molecule has 0 atom stereocenters. The van der Waals surface area contributed by atoms with Gasteiger partial charge >= 0.3 is 6.09 Å². The molecule has 0 N–H and O–H groups in total. The molecule has 0 aliphatic carbocycles. The number of carbonyl (C=O) groups excluding carboxylic acids is 1. The molecule has 1 aromatic rings. The highest BCUT2D eigenvalue weighted by atomic mass is 79.9. The number of halogens is 1. The van der Waals surface area contributed by atoms with E-state index in [0.717, 1.165) is 22.6 Å². The minimum atomic E-state index is -0.435. The van der Waals surface area contributed by atoms with Crippen molar-refractivity contribution in [2.75, 3.05) is 13.1 Å².